The number of halogens is 3. The van der Waals surface area contributed by atoms with Crippen molar-refractivity contribution in [3.8, 4) is 11.3 Å². The summed E-state index contributed by atoms with van der Waals surface area (Å²) in [6.07, 6.45) is -4.48. The Labute approximate surface area is 217 Å². The van der Waals surface area contributed by atoms with Gasteiger partial charge < -0.3 is 32.5 Å². The first-order valence-corrected chi connectivity index (χ1v) is 11.9. The van der Waals surface area contributed by atoms with Crippen molar-refractivity contribution in [1.29, 1.82) is 0 Å². The second-order valence-electron chi connectivity index (χ2n) is 8.25. The molecule has 0 bridgehead atoms. The zero-order chi connectivity index (χ0) is 27.6. The van der Waals surface area contributed by atoms with E-state index >= 15 is 0 Å². The second kappa shape index (κ2) is 10.5. The molecule has 0 saturated heterocycles. The van der Waals surface area contributed by atoms with E-state index in [1.165, 1.54) is 0 Å². The highest BCUT2D eigenvalue weighted by atomic mass is 32.1. The molecule has 3 amide bonds. The number of anilines is 4. The first kappa shape index (κ1) is 26.6. The number of primary amides is 1. The van der Waals surface area contributed by atoms with Crippen LogP contribution in [0.1, 0.15) is 22.2 Å². The van der Waals surface area contributed by atoms with Gasteiger partial charge in [0.15, 0.2) is 0 Å². The molecule has 0 aliphatic rings. The largest absolute Gasteiger partial charge is 0.416 e. The van der Waals surface area contributed by atoms with Gasteiger partial charge >= 0.3 is 12.2 Å². The van der Waals surface area contributed by atoms with Crippen LogP contribution in [0.4, 0.5) is 41.0 Å². The van der Waals surface area contributed by atoms with Crippen molar-refractivity contribution < 1.29 is 27.9 Å². The van der Waals surface area contributed by atoms with Gasteiger partial charge in [0.25, 0.3) is 5.91 Å². The summed E-state index contributed by atoms with van der Waals surface area (Å²) in [4.78, 5) is 33.8. The molecule has 0 spiro atoms. The number of nitrogens with two attached hydrogens (primary N) is 2. The van der Waals surface area contributed by atoms with E-state index in [-0.39, 0.29) is 34.8 Å². The monoisotopic (exact) mass is 545 g/mol. The molecular weight excluding hydrogens is 523 g/mol. The Kier molecular flexibility index (Phi) is 7.37. The molecule has 2 heterocycles. The fourth-order valence-electron chi connectivity index (χ4n) is 3.52. The number of carbonyl (C=O) groups excluding carboxylic acids is 2. The van der Waals surface area contributed by atoms with Gasteiger partial charge in [-0.15, -0.1) is 11.3 Å². The van der Waals surface area contributed by atoms with E-state index in [2.05, 4.69) is 25.9 Å². The molecule has 0 unspecified atom stereocenters. The number of amides is 3. The van der Waals surface area contributed by atoms with Crippen LogP contribution in [-0.4, -0.2) is 39.7 Å². The van der Waals surface area contributed by atoms with Crippen LogP contribution in [0.3, 0.4) is 0 Å². The highest BCUT2D eigenvalue weighted by molar-refractivity contribution is 7.21. The number of carbonyl (C=O) groups is 2. The molecule has 4 aromatic rings. The summed E-state index contributed by atoms with van der Waals surface area (Å²) in [5.41, 5.74) is 12.4. The van der Waals surface area contributed by atoms with E-state index in [0.29, 0.717) is 27.2 Å². The summed E-state index contributed by atoms with van der Waals surface area (Å²) in [6.45, 7) is 1.55. The van der Waals surface area contributed by atoms with Gasteiger partial charge in [-0.05, 0) is 43.3 Å². The number of rotatable bonds is 7. The standard InChI is InChI=1S/C24H22F3N7O3S/c1-11(10-35)30-22-33-18(16-17(28)19(20(29)36)38-21(16)34-22)12-3-2-4-15(9-12)32-23(37)31-14-7-5-13(6-8-14)24(25,26)27/h2-9,11,35H,10,28H2,1H3,(H2,29,36)(H,30,33,34)(H2,31,32,37)/t11-/m1/s1. The predicted molar refractivity (Wildman–Crippen MR) is 140 cm³/mol. The van der Waals surface area contributed by atoms with Gasteiger partial charge in [0.2, 0.25) is 5.95 Å². The molecule has 198 valence electrons. The number of hydrogen-bond donors (Lipinski definition) is 6. The van der Waals surface area contributed by atoms with Crippen LogP contribution < -0.4 is 27.4 Å². The number of aromatic nitrogens is 2. The van der Waals surface area contributed by atoms with Crippen LogP contribution in [0.15, 0.2) is 48.5 Å². The Hall–Kier alpha value is -4.43. The molecule has 14 heteroatoms. The number of hydrogen-bond acceptors (Lipinski definition) is 8. The summed E-state index contributed by atoms with van der Waals surface area (Å²) >= 11 is 1.00. The Morgan fingerprint density at radius 3 is 2.39 bits per heavy atom. The Bertz CT molecular complexity index is 1510. The first-order valence-electron chi connectivity index (χ1n) is 11.1. The molecule has 0 radical (unpaired) electrons. The number of urea groups is 1. The lowest BCUT2D eigenvalue weighted by molar-refractivity contribution is -0.137. The lowest BCUT2D eigenvalue weighted by atomic mass is 10.1. The number of aliphatic hydroxyl groups excluding tert-OH is 1. The zero-order valence-electron chi connectivity index (χ0n) is 19.8. The number of nitrogen functional groups attached to an aromatic ring is 1. The molecule has 0 fully saturated rings. The van der Waals surface area contributed by atoms with E-state index in [0.717, 1.165) is 35.6 Å². The lowest BCUT2D eigenvalue weighted by Crippen LogP contribution is -2.21. The van der Waals surface area contributed by atoms with Gasteiger partial charge in [0.05, 0.1) is 28.9 Å². The number of benzene rings is 2. The van der Waals surface area contributed by atoms with Crippen molar-refractivity contribution >= 4 is 56.5 Å². The number of nitrogens with zero attached hydrogens (tertiary/aromatic N) is 2. The zero-order valence-corrected chi connectivity index (χ0v) is 20.6. The maximum absolute atomic E-state index is 12.8. The Morgan fingerprint density at radius 2 is 1.76 bits per heavy atom. The molecule has 0 saturated carbocycles. The summed E-state index contributed by atoms with van der Waals surface area (Å²) < 4.78 is 38.3. The second-order valence-corrected chi connectivity index (χ2v) is 9.25. The van der Waals surface area contributed by atoms with Crippen LogP contribution in [0.5, 0.6) is 0 Å². The highest BCUT2D eigenvalue weighted by Crippen LogP contribution is 2.39. The number of nitrogens with one attached hydrogen (secondary N) is 3. The van der Waals surface area contributed by atoms with Crippen LogP contribution in [0, 0.1) is 0 Å². The normalized spacial score (nSPS) is 12.2. The molecule has 8 N–H and O–H groups in total. The quantitative estimate of drug-likeness (QED) is 0.199. The molecule has 2 aromatic carbocycles. The average molecular weight is 546 g/mol. The van der Waals surface area contributed by atoms with Gasteiger partial charge in [0.1, 0.15) is 9.71 Å². The van der Waals surface area contributed by atoms with E-state index in [4.69, 9.17) is 11.5 Å². The number of fused-ring (bicyclic) bond motifs is 1. The summed E-state index contributed by atoms with van der Waals surface area (Å²) in [5.74, 6) is -0.533. The van der Waals surface area contributed by atoms with Gasteiger partial charge in [-0.2, -0.15) is 13.2 Å². The molecule has 4 rings (SSSR count). The highest BCUT2D eigenvalue weighted by Gasteiger charge is 2.30. The lowest BCUT2D eigenvalue weighted by Gasteiger charge is -2.13. The van der Waals surface area contributed by atoms with Crippen LogP contribution in [-0.2, 0) is 6.18 Å². The summed E-state index contributed by atoms with van der Waals surface area (Å²) in [7, 11) is 0. The van der Waals surface area contributed by atoms with Crippen molar-refractivity contribution in [3.05, 3.63) is 59.0 Å². The summed E-state index contributed by atoms with van der Waals surface area (Å²) in [5, 5.41) is 17.9. The Balaban J connectivity index is 1.64. The maximum atomic E-state index is 12.8. The molecule has 0 aliphatic carbocycles. The minimum absolute atomic E-state index is 0.118. The minimum atomic E-state index is -4.48. The van der Waals surface area contributed by atoms with Crippen molar-refractivity contribution in [2.75, 3.05) is 28.3 Å². The molecule has 0 aliphatic heterocycles. The number of alkyl halides is 3. The maximum Gasteiger partial charge on any atom is 0.416 e. The number of thiophene rings is 1. The van der Waals surface area contributed by atoms with Crippen molar-refractivity contribution in [1.82, 2.24) is 9.97 Å². The van der Waals surface area contributed by atoms with Crippen molar-refractivity contribution in [3.63, 3.8) is 0 Å². The van der Waals surface area contributed by atoms with Gasteiger partial charge in [0, 0.05) is 23.0 Å². The van der Waals surface area contributed by atoms with Crippen LogP contribution in [0.2, 0.25) is 0 Å². The third-order valence-corrected chi connectivity index (χ3v) is 6.44. The number of aliphatic hydroxyl groups is 1. The van der Waals surface area contributed by atoms with Crippen molar-refractivity contribution in [2.24, 2.45) is 5.73 Å². The molecule has 1 atom stereocenters. The van der Waals surface area contributed by atoms with Gasteiger partial charge in [-0.1, -0.05) is 12.1 Å². The van der Waals surface area contributed by atoms with Crippen LogP contribution in [0.25, 0.3) is 21.5 Å². The van der Waals surface area contributed by atoms with Crippen LogP contribution >= 0.6 is 11.3 Å². The van der Waals surface area contributed by atoms with E-state index in [1.54, 1.807) is 31.2 Å². The molecule has 10 nitrogen and oxygen atoms in total. The first-order chi connectivity index (χ1) is 18.0. The molecular formula is C24H22F3N7O3S. The fraction of sp³-hybridized carbons (Fsp3) is 0.167. The minimum Gasteiger partial charge on any atom is -0.397 e. The third kappa shape index (κ3) is 5.76. The molecule has 38 heavy (non-hydrogen) atoms. The van der Waals surface area contributed by atoms with E-state index in [1.807, 2.05) is 0 Å². The predicted octanol–water partition coefficient (Wildman–Crippen LogP) is 4.49. The van der Waals surface area contributed by atoms with E-state index < -0.39 is 23.7 Å². The van der Waals surface area contributed by atoms with E-state index in [9.17, 15) is 27.9 Å². The Morgan fingerprint density at radius 1 is 1.08 bits per heavy atom. The SMILES string of the molecule is C[C@H](CO)Nc1nc(-c2cccc(NC(=O)Nc3ccc(C(F)(F)F)cc3)c2)c2c(N)c(C(N)=O)sc2n1. The smallest absolute Gasteiger partial charge is 0.397 e. The summed E-state index contributed by atoms with van der Waals surface area (Å²) in [6, 6.07) is 9.55. The van der Waals surface area contributed by atoms with Gasteiger partial charge in [-0.3, -0.25) is 4.79 Å². The average Bonchev–Trinajstić information content (AvgIpc) is 3.20. The fourth-order valence-corrected chi connectivity index (χ4v) is 4.47. The topological polar surface area (TPSA) is 168 Å². The van der Waals surface area contributed by atoms with Gasteiger partial charge in [-0.25, -0.2) is 14.8 Å². The molecule has 2 aromatic heterocycles. The van der Waals surface area contributed by atoms with Crippen molar-refractivity contribution in [2.45, 2.75) is 19.1 Å². The third-order valence-electron chi connectivity index (χ3n) is 5.33.